The molecule has 0 bridgehead atoms. The summed E-state index contributed by atoms with van der Waals surface area (Å²) in [7, 11) is 0. The maximum Gasteiger partial charge on any atom is 0.344 e. The lowest BCUT2D eigenvalue weighted by Crippen LogP contribution is -2.36. The van der Waals surface area contributed by atoms with Crippen LogP contribution in [0.5, 0.6) is 0 Å². The molecule has 1 fully saturated rings. The van der Waals surface area contributed by atoms with Crippen molar-refractivity contribution in [2.24, 2.45) is 17.8 Å². The Morgan fingerprint density at radius 1 is 1.24 bits per heavy atom. The van der Waals surface area contributed by atoms with Gasteiger partial charge >= 0.3 is 11.9 Å². The zero-order valence-electron chi connectivity index (χ0n) is 14.8. The van der Waals surface area contributed by atoms with E-state index in [4.69, 9.17) is 32.7 Å². The summed E-state index contributed by atoms with van der Waals surface area (Å²) in [5, 5.41) is 0.596. The van der Waals surface area contributed by atoms with E-state index < -0.39 is 18.5 Å². The molecule has 0 amide bonds. The van der Waals surface area contributed by atoms with Gasteiger partial charge in [0.2, 0.25) is 0 Å². The Kier molecular flexibility index (Phi) is 7.14. The summed E-state index contributed by atoms with van der Waals surface area (Å²) in [6, 6.07) is 4.50. The molecule has 1 saturated carbocycles. The number of rotatable bonds is 5. The van der Waals surface area contributed by atoms with Crippen LogP contribution in [0, 0.1) is 17.8 Å². The van der Waals surface area contributed by atoms with Crippen LogP contribution >= 0.6 is 23.2 Å². The molecular formula is C19H24Cl2O4. The van der Waals surface area contributed by atoms with Gasteiger partial charge in [-0.05, 0) is 48.8 Å². The van der Waals surface area contributed by atoms with E-state index in [0.717, 1.165) is 19.3 Å². The Hall–Kier alpha value is -1.26. The van der Waals surface area contributed by atoms with Gasteiger partial charge in [-0.3, -0.25) is 0 Å². The Morgan fingerprint density at radius 3 is 2.64 bits per heavy atom. The van der Waals surface area contributed by atoms with Crippen molar-refractivity contribution in [2.45, 2.75) is 46.1 Å². The first-order valence-corrected chi connectivity index (χ1v) is 9.35. The summed E-state index contributed by atoms with van der Waals surface area (Å²) < 4.78 is 10.6. The molecule has 0 aromatic heterocycles. The van der Waals surface area contributed by atoms with Crippen LogP contribution in [0.25, 0.3) is 0 Å². The minimum Gasteiger partial charge on any atom is -0.460 e. The SMILES string of the molecule is CC(C)[C@@H]1CC[C@H](C)C[C@H]1OC(=O)COC(=O)c1cc(Cl)ccc1Cl. The van der Waals surface area contributed by atoms with Crippen molar-refractivity contribution in [2.75, 3.05) is 6.61 Å². The number of benzene rings is 1. The molecule has 138 valence electrons. The summed E-state index contributed by atoms with van der Waals surface area (Å²) in [5.74, 6) is 0.0927. The molecule has 3 atom stereocenters. The van der Waals surface area contributed by atoms with Gasteiger partial charge in [0.1, 0.15) is 6.10 Å². The second-order valence-electron chi connectivity index (χ2n) is 7.05. The van der Waals surface area contributed by atoms with Crippen LogP contribution in [0.2, 0.25) is 10.0 Å². The smallest absolute Gasteiger partial charge is 0.344 e. The molecule has 2 rings (SSSR count). The molecule has 6 heteroatoms. The predicted octanol–water partition coefficient (Wildman–Crippen LogP) is 5.15. The first-order valence-electron chi connectivity index (χ1n) is 8.59. The highest BCUT2D eigenvalue weighted by Gasteiger charge is 2.33. The lowest BCUT2D eigenvalue weighted by molar-refractivity contribution is -0.159. The largest absolute Gasteiger partial charge is 0.460 e. The number of halogens is 2. The van der Waals surface area contributed by atoms with E-state index in [9.17, 15) is 9.59 Å². The van der Waals surface area contributed by atoms with Crippen molar-refractivity contribution in [1.82, 2.24) is 0 Å². The van der Waals surface area contributed by atoms with E-state index in [1.165, 1.54) is 12.1 Å². The van der Waals surface area contributed by atoms with Gasteiger partial charge in [-0.2, -0.15) is 0 Å². The minimum absolute atomic E-state index is 0.121. The van der Waals surface area contributed by atoms with Gasteiger partial charge in [0.25, 0.3) is 0 Å². The highest BCUT2D eigenvalue weighted by atomic mass is 35.5. The van der Waals surface area contributed by atoms with E-state index in [1.807, 2.05) is 0 Å². The minimum atomic E-state index is -0.693. The number of carbonyl (C=O) groups is 2. The third kappa shape index (κ3) is 5.61. The first-order chi connectivity index (χ1) is 11.8. The fraction of sp³-hybridized carbons (Fsp3) is 0.579. The van der Waals surface area contributed by atoms with Crippen LogP contribution in [-0.4, -0.2) is 24.6 Å². The first kappa shape index (κ1) is 20.1. The van der Waals surface area contributed by atoms with E-state index in [0.29, 0.717) is 22.8 Å². The van der Waals surface area contributed by atoms with E-state index in [1.54, 1.807) is 6.07 Å². The van der Waals surface area contributed by atoms with Crippen LogP contribution in [0.4, 0.5) is 0 Å². The Balaban J connectivity index is 1.91. The van der Waals surface area contributed by atoms with Crippen molar-refractivity contribution >= 4 is 35.1 Å². The normalized spacial score (nSPS) is 23.4. The van der Waals surface area contributed by atoms with Crippen LogP contribution in [0.1, 0.15) is 50.4 Å². The number of esters is 2. The van der Waals surface area contributed by atoms with Gasteiger partial charge < -0.3 is 9.47 Å². The van der Waals surface area contributed by atoms with Crippen LogP contribution < -0.4 is 0 Å². The molecule has 0 spiro atoms. The molecule has 4 nitrogen and oxygen atoms in total. The molecule has 0 heterocycles. The Morgan fingerprint density at radius 2 is 1.96 bits per heavy atom. The monoisotopic (exact) mass is 386 g/mol. The average molecular weight is 387 g/mol. The highest BCUT2D eigenvalue weighted by Crippen LogP contribution is 2.35. The van der Waals surface area contributed by atoms with Crippen LogP contribution in [0.3, 0.4) is 0 Å². The number of ether oxygens (including phenoxy) is 2. The predicted molar refractivity (Wildman–Crippen MR) is 98.0 cm³/mol. The summed E-state index contributed by atoms with van der Waals surface area (Å²) in [5.41, 5.74) is 0.133. The summed E-state index contributed by atoms with van der Waals surface area (Å²) in [4.78, 5) is 24.2. The van der Waals surface area contributed by atoms with Gasteiger partial charge in [-0.25, -0.2) is 9.59 Å². The lowest BCUT2D eigenvalue weighted by Gasteiger charge is -2.36. The molecule has 1 aromatic carbocycles. The molecule has 0 unspecified atom stereocenters. The fourth-order valence-electron chi connectivity index (χ4n) is 3.31. The zero-order chi connectivity index (χ0) is 18.6. The molecule has 0 aliphatic heterocycles. The van der Waals surface area contributed by atoms with Crippen molar-refractivity contribution < 1.29 is 19.1 Å². The summed E-state index contributed by atoms with van der Waals surface area (Å²) in [6.45, 7) is 6.02. The van der Waals surface area contributed by atoms with Gasteiger partial charge in [0.15, 0.2) is 6.61 Å². The van der Waals surface area contributed by atoms with Crippen molar-refractivity contribution in [3.63, 3.8) is 0 Å². The van der Waals surface area contributed by atoms with Gasteiger partial charge in [-0.1, -0.05) is 50.4 Å². The van der Waals surface area contributed by atoms with E-state index in [2.05, 4.69) is 20.8 Å². The molecule has 1 aliphatic carbocycles. The summed E-state index contributed by atoms with van der Waals surface area (Å²) >= 11 is 11.8. The number of carbonyl (C=O) groups excluding carboxylic acids is 2. The average Bonchev–Trinajstić information content (AvgIpc) is 2.54. The zero-order valence-corrected chi connectivity index (χ0v) is 16.3. The van der Waals surface area contributed by atoms with Crippen LogP contribution in [0.15, 0.2) is 18.2 Å². The molecule has 0 saturated heterocycles. The third-order valence-corrected chi connectivity index (χ3v) is 5.28. The third-order valence-electron chi connectivity index (χ3n) is 4.71. The number of hydrogen-bond acceptors (Lipinski definition) is 4. The number of hydrogen-bond donors (Lipinski definition) is 0. The Labute approximate surface area is 158 Å². The second kappa shape index (κ2) is 8.91. The molecular weight excluding hydrogens is 363 g/mol. The second-order valence-corrected chi connectivity index (χ2v) is 7.90. The fourth-order valence-corrected chi connectivity index (χ4v) is 3.68. The van der Waals surface area contributed by atoms with Crippen molar-refractivity contribution in [3.8, 4) is 0 Å². The van der Waals surface area contributed by atoms with Crippen LogP contribution in [-0.2, 0) is 14.3 Å². The molecule has 25 heavy (non-hydrogen) atoms. The molecule has 1 aromatic rings. The van der Waals surface area contributed by atoms with Gasteiger partial charge in [-0.15, -0.1) is 0 Å². The topological polar surface area (TPSA) is 52.6 Å². The maximum atomic E-state index is 12.1. The standard InChI is InChI=1S/C19H24Cl2O4/c1-11(2)14-6-4-12(3)8-17(14)25-18(22)10-24-19(23)15-9-13(20)5-7-16(15)21/h5,7,9,11-12,14,17H,4,6,8,10H2,1-3H3/t12-,14-,17+/m0/s1. The van der Waals surface area contributed by atoms with Crippen molar-refractivity contribution in [1.29, 1.82) is 0 Å². The Bertz CT molecular complexity index is 630. The quantitative estimate of drug-likeness (QED) is 0.656. The summed E-state index contributed by atoms with van der Waals surface area (Å²) in [6.07, 6.45) is 2.93. The van der Waals surface area contributed by atoms with Crippen molar-refractivity contribution in [3.05, 3.63) is 33.8 Å². The van der Waals surface area contributed by atoms with Gasteiger partial charge in [0, 0.05) is 5.02 Å². The molecule has 0 N–H and O–H groups in total. The molecule has 0 radical (unpaired) electrons. The highest BCUT2D eigenvalue weighted by molar-refractivity contribution is 6.35. The van der Waals surface area contributed by atoms with E-state index >= 15 is 0 Å². The molecule has 1 aliphatic rings. The maximum absolute atomic E-state index is 12.1. The van der Waals surface area contributed by atoms with Gasteiger partial charge in [0.05, 0.1) is 10.6 Å². The lowest BCUT2D eigenvalue weighted by atomic mass is 9.75. The van der Waals surface area contributed by atoms with E-state index in [-0.39, 0.29) is 16.7 Å².